The lowest BCUT2D eigenvalue weighted by Crippen LogP contribution is -2.48. The van der Waals surface area contributed by atoms with E-state index in [2.05, 4.69) is 56.0 Å². The van der Waals surface area contributed by atoms with Crippen molar-refractivity contribution in [2.24, 2.45) is 5.92 Å². The van der Waals surface area contributed by atoms with Crippen LogP contribution in [0, 0.1) is 5.92 Å². The second-order valence-corrected chi connectivity index (χ2v) is 5.49. The first kappa shape index (κ1) is 12.6. The van der Waals surface area contributed by atoms with Crippen molar-refractivity contribution in [3.8, 4) is 0 Å². The van der Waals surface area contributed by atoms with Gasteiger partial charge in [0, 0.05) is 5.54 Å². The summed E-state index contributed by atoms with van der Waals surface area (Å²) in [7, 11) is 0. The molecular formula is C16H25N. The van der Waals surface area contributed by atoms with Gasteiger partial charge in [-0.25, -0.2) is 0 Å². The zero-order chi connectivity index (χ0) is 12.3. The number of nitrogens with zero attached hydrogens (tertiary/aromatic N) is 1. The van der Waals surface area contributed by atoms with E-state index in [1.807, 2.05) is 0 Å². The summed E-state index contributed by atoms with van der Waals surface area (Å²) in [4.78, 5) is 2.72. The van der Waals surface area contributed by atoms with E-state index in [9.17, 15) is 0 Å². The smallest absolute Gasteiger partial charge is 0.0480 e. The van der Waals surface area contributed by atoms with Crippen LogP contribution in [0.4, 0.5) is 0 Å². The van der Waals surface area contributed by atoms with Crippen molar-refractivity contribution in [1.29, 1.82) is 0 Å². The summed E-state index contributed by atoms with van der Waals surface area (Å²) >= 11 is 0. The Morgan fingerprint density at radius 1 is 1.12 bits per heavy atom. The van der Waals surface area contributed by atoms with Crippen molar-refractivity contribution in [2.75, 3.05) is 13.1 Å². The molecule has 0 spiro atoms. The molecule has 0 radical (unpaired) electrons. The average Bonchev–Trinajstić information content (AvgIpc) is 2.86. The van der Waals surface area contributed by atoms with Gasteiger partial charge in [0.1, 0.15) is 0 Å². The molecule has 0 aliphatic carbocycles. The molecule has 1 heteroatoms. The molecular weight excluding hydrogens is 206 g/mol. The van der Waals surface area contributed by atoms with Crippen LogP contribution in [0.3, 0.4) is 0 Å². The van der Waals surface area contributed by atoms with Gasteiger partial charge >= 0.3 is 0 Å². The van der Waals surface area contributed by atoms with Crippen LogP contribution in [0.25, 0.3) is 0 Å². The lowest BCUT2D eigenvalue weighted by Gasteiger charge is -2.45. The first-order chi connectivity index (χ1) is 8.21. The first-order valence-electron chi connectivity index (χ1n) is 7.02. The lowest BCUT2D eigenvalue weighted by atomic mass is 9.76. The topological polar surface area (TPSA) is 3.24 Å². The summed E-state index contributed by atoms with van der Waals surface area (Å²) in [6.07, 6.45) is 3.93. The zero-order valence-corrected chi connectivity index (χ0v) is 11.4. The Balaban J connectivity index is 2.42. The molecule has 1 unspecified atom stereocenters. The average molecular weight is 231 g/mol. The molecule has 0 amide bonds. The van der Waals surface area contributed by atoms with E-state index >= 15 is 0 Å². The number of rotatable bonds is 4. The van der Waals surface area contributed by atoms with E-state index in [1.54, 1.807) is 0 Å². The predicted octanol–water partition coefficient (Wildman–Crippen LogP) is 4.04. The third-order valence-corrected chi connectivity index (χ3v) is 4.44. The van der Waals surface area contributed by atoms with Gasteiger partial charge in [0.05, 0.1) is 0 Å². The summed E-state index contributed by atoms with van der Waals surface area (Å²) in [5.74, 6) is 0.660. The molecule has 1 aliphatic heterocycles. The lowest BCUT2D eigenvalue weighted by molar-refractivity contribution is 0.0592. The van der Waals surface area contributed by atoms with Gasteiger partial charge in [-0.05, 0) is 43.8 Å². The molecule has 1 atom stereocenters. The fraction of sp³-hybridized carbons (Fsp3) is 0.625. The van der Waals surface area contributed by atoms with Crippen LogP contribution in [0.5, 0.6) is 0 Å². The minimum Gasteiger partial charge on any atom is -0.293 e. The minimum atomic E-state index is 0.248. The van der Waals surface area contributed by atoms with E-state index in [4.69, 9.17) is 0 Å². The Labute approximate surface area is 106 Å². The van der Waals surface area contributed by atoms with E-state index in [0.717, 1.165) is 0 Å². The van der Waals surface area contributed by atoms with Crippen molar-refractivity contribution >= 4 is 0 Å². The summed E-state index contributed by atoms with van der Waals surface area (Å²) < 4.78 is 0. The number of hydrogen-bond donors (Lipinski definition) is 0. The summed E-state index contributed by atoms with van der Waals surface area (Å²) in [6.45, 7) is 9.61. The first-order valence-corrected chi connectivity index (χ1v) is 7.02. The highest BCUT2D eigenvalue weighted by Crippen LogP contribution is 2.41. The molecule has 1 aromatic rings. The molecule has 2 rings (SSSR count). The van der Waals surface area contributed by atoms with Gasteiger partial charge in [-0.1, -0.05) is 51.1 Å². The monoisotopic (exact) mass is 231 g/mol. The molecule has 1 fully saturated rings. The Hall–Kier alpha value is -0.820. The van der Waals surface area contributed by atoms with Crippen molar-refractivity contribution in [3.63, 3.8) is 0 Å². The molecule has 1 nitrogen and oxygen atoms in total. The van der Waals surface area contributed by atoms with Crippen molar-refractivity contribution in [3.05, 3.63) is 35.9 Å². The van der Waals surface area contributed by atoms with E-state index < -0.39 is 0 Å². The molecule has 17 heavy (non-hydrogen) atoms. The highest BCUT2D eigenvalue weighted by Gasteiger charge is 2.40. The van der Waals surface area contributed by atoms with Crippen LogP contribution in [-0.2, 0) is 5.54 Å². The fourth-order valence-corrected chi connectivity index (χ4v) is 3.56. The third-order valence-electron chi connectivity index (χ3n) is 4.44. The molecule has 94 valence electrons. The maximum Gasteiger partial charge on any atom is 0.0480 e. The standard InChI is InChI=1S/C16H25N/c1-4-16(14(2)3,17-12-8-9-13-17)15-10-6-5-7-11-15/h5-7,10-11,14H,4,8-9,12-13H2,1-3H3. The molecule has 0 N–H and O–H groups in total. The van der Waals surface area contributed by atoms with Gasteiger partial charge in [-0.3, -0.25) is 4.90 Å². The highest BCUT2D eigenvalue weighted by atomic mass is 15.2. The van der Waals surface area contributed by atoms with Crippen LogP contribution in [-0.4, -0.2) is 18.0 Å². The second-order valence-electron chi connectivity index (χ2n) is 5.49. The predicted molar refractivity (Wildman–Crippen MR) is 74.1 cm³/mol. The normalized spacial score (nSPS) is 20.7. The SMILES string of the molecule is CCC(c1ccccc1)(C(C)C)N1CCCC1. The number of likely N-dealkylation sites (tertiary alicyclic amines) is 1. The van der Waals surface area contributed by atoms with Crippen molar-refractivity contribution in [2.45, 2.75) is 45.6 Å². The quantitative estimate of drug-likeness (QED) is 0.756. The zero-order valence-electron chi connectivity index (χ0n) is 11.4. The Bertz CT molecular complexity index is 338. The Morgan fingerprint density at radius 2 is 1.71 bits per heavy atom. The largest absolute Gasteiger partial charge is 0.293 e. The molecule has 1 heterocycles. The molecule has 1 aliphatic rings. The van der Waals surface area contributed by atoms with Gasteiger partial charge in [0.15, 0.2) is 0 Å². The summed E-state index contributed by atoms with van der Waals surface area (Å²) in [5, 5.41) is 0. The second kappa shape index (κ2) is 5.22. The highest BCUT2D eigenvalue weighted by molar-refractivity contribution is 5.25. The minimum absolute atomic E-state index is 0.248. The van der Waals surface area contributed by atoms with Gasteiger partial charge in [0.2, 0.25) is 0 Å². The molecule has 1 saturated heterocycles. The van der Waals surface area contributed by atoms with Crippen LogP contribution < -0.4 is 0 Å². The van der Waals surface area contributed by atoms with E-state index in [-0.39, 0.29) is 5.54 Å². The summed E-state index contributed by atoms with van der Waals surface area (Å²) in [5.41, 5.74) is 1.75. The maximum atomic E-state index is 2.72. The van der Waals surface area contributed by atoms with Crippen LogP contribution in [0.15, 0.2) is 30.3 Å². The summed E-state index contributed by atoms with van der Waals surface area (Å²) in [6, 6.07) is 11.1. The van der Waals surface area contributed by atoms with Crippen molar-refractivity contribution in [1.82, 2.24) is 4.90 Å². The Morgan fingerprint density at radius 3 is 2.18 bits per heavy atom. The Kier molecular flexibility index (Phi) is 3.88. The molecule has 1 aromatic carbocycles. The van der Waals surface area contributed by atoms with Crippen molar-refractivity contribution < 1.29 is 0 Å². The van der Waals surface area contributed by atoms with E-state index in [1.165, 1.54) is 37.9 Å². The van der Waals surface area contributed by atoms with Crippen LogP contribution in [0.1, 0.15) is 45.6 Å². The third kappa shape index (κ3) is 2.13. The molecule has 0 aromatic heterocycles. The number of benzene rings is 1. The number of hydrogen-bond acceptors (Lipinski definition) is 1. The maximum absolute atomic E-state index is 2.72. The fourth-order valence-electron chi connectivity index (χ4n) is 3.56. The van der Waals surface area contributed by atoms with Gasteiger partial charge in [0.25, 0.3) is 0 Å². The van der Waals surface area contributed by atoms with Gasteiger partial charge < -0.3 is 0 Å². The molecule has 0 saturated carbocycles. The van der Waals surface area contributed by atoms with Gasteiger partial charge in [-0.15, -0.1) is 0 Å². The molecule has 0 bridgehead atoms. The van der Waals surface area contributed by atoms with E-state index in [0.29, 0.717) is 5.92 Å². The van der Waals surface area contributed by atoms with Gasteiger partial charge in [-0.2, -0.15) is 0 Å². The van der Waals surface area contributed by atoms with Crippen LogP contribution in [0.2, 0.25) is 0 Å². The van der Waals surface area contributed by atoms with Crippen LogP contribution >= 0.6 is 0 Å².